The molecule has 126 valence electrons. The van der Waals surface area contributed by atoms with Crippen LogP contribution in [-0.2, 0) is 17.9 Å². The highest BCUT2D eigenvalue weighted by Gasteiger charge is 2.40. The van der Waals surface area contributed by atoms with Crippen LogP contribution >= 0.6 is 11.3 Å². The van der Waals surface area contributed by atoms with Gasteiger partial charge in [-0.15, -0.1) is 11.3 Å². The summed E-state index contributed by atoms with van der Waals surface area (Å²) in [4.78, 5) is 23.3. The largest absolute Gasteiger partial charge is 0.332 e. The van der Waals surface area contributed by atoms with Crippen LogP contribution in [0.1, 0.15) is 29.0 Å². The molecule has 3 aliphatic heterocycles. The van der Waals surface area contributed by atoms with E-state index in [4.69, 9.17) is 0 Å². The van der Waals surface area contributed by atoms with Gasteiger partial charge >= 0.3 is 0 Å². The van der Waals surface area contributed by atoms with E-state index in [1.807, 2.05) is 35.7 Å². The predicted octanol–water partition coefficient (Wildman–Crippen LogP) is 3.07. The first-order valence-electron chi connectivity index (χ1n) is 8.66. The van der Waals surface area contributed by atoms with Crippen LogP contribution in [0.4, 0.5) is 0 Å². The molecular formula is C19H23N3OS. The summed E-state index contributed by atoms with van der Waals surface area (Å²) >= 11 is 1.83. The lowest BCUT2D eigenvalue weighted by Gasteiger charge is -2.35. The minimum atomic E-state index is 0.146. The molecule has 24 heavy (non-hydrogen) atoms. The lowest BCUT2D eigenvalue weighted by molar-refractivity contribution is -0.140. The summed E-state index contributed by atoms with van der Waals surface area (Å²) < 4.78 is 0. The van der Waals surface area contributed by atoms with E-state index in [1.165, 1.54) is 10.4 Å². The van der Waals surface area contributed by atoms with Crippen LogP contribution in [0.2, 0.25) is 0 Å². The highest BCUT2D eigenvalue weighted by atomic mass is 32.1. The second kappa shape index (κ2) is 6.65. The van der Waals surface area contributed by atoms with Gasteiger partial charge in [0.15, 0.2) is 0 Å². The normalized spacial score (nSPS) is 24.4. The zero-order valence-corrected chi connectivity index (χ0v) is 14.8. The molecule has 0 radical (unpaired) electrons. The number of hydrogen-bond acceptors (Lipinski definition) is 4. The van der Waals surface area contributed by atoms with E-state index in [1.54, 1.807) is 0 Å². The van der Waals surface area contributed by atoms with E-state index in [0.717, 1.165) is 38.2 Å². The molecule has 1 amide bonds. The Hall–Kier alpha value is -1.72. The zero-order valence-electron chi connectivity index (χ0n) is 14.0. The number of aromatic nitrogens is 1. The molecule has 0 aromatic carbocycles. The second-order valence-electron chi connectivity index (χ2n) is 6.94. The van der Waals surface area contributed by atoms with Gasteiger partial charge in [-0.25, -0.2) is 0 Å². The molecule has 0 N–H and O–H groups in total. The molecule has 2 aromatic rings. The number of hydrogen-bond donors (Lipinski definition) is 0. The fourth-order valence-corrected chi connectivity index (χ4v) is 4.85. The summed E-state index contributed by atoms with van der Waals surface area (Å²) in [5, 5.41) is 2.16. The van der Waals surface area contributed by atoms with E-state index in [-0.39, 0.29) is 5.92 Å². The number of pyridine rings is 1. The predicted molar refractivity (Wildman–Crippen MR) is 95.6 cm³/mol. The Morgan fingerprint density at radius 3 is 2.88 bits per heavy atom. The van der Waals surface area contributed by atoms with Crippen LogP contribution in [0.15, 0.2) is 35.8 Å². The topological polar surface area (TPSA) is 36.4 Å². The molecule has 5 heteroatoms. The number of carbonyl (C=O) groups is 1. The summed E-state index contributed by atoms with van der Waals surface area (Å²) in [7, 11) is 0. The molecule has 3 aliphatic rings. The molecule has 5 heterocycles. The van der Waals surface area contributed by atoms with Crippen LogP contribution in [-0.4, -0.2) is 39.8 Å². The average Bonchev–Trinajstić information content (AvgIpc) is 2.81. The molecule has 0 spiro atoms. The summed E-state index contributed by atoms with van der Waals surface area (Å²) in [6.07, 6.45) is 3.95. The van der Waals surface area contributed by atoms with E-state index in [2.05, 4.69) is 33.2 Å². The summed E-state index contributed by atoms with van der Waals surface area (Å²) in [5.74, 6) is 0.468. The van der Waals surface area contributed by atoms with Crippen molar-refractivity contribution < 1.29 is 4.79 Å². The molecular weight excluding hydrogens is 318 g/mol. The Kier molecular flexibility index (Phi) is 4.37. The van der Waals surface area contributed by atoms with E-state index >= 15 is 0 Å². The molecule has 0 aliphatic carbocycles. The van der Waals surface area contributed by atoms with Gasteiger partial charge in [-0.05, 0) is 48.9 Å². The van der Waals surface area contributed by atoms with E-state index in [0.29, 0.717) is 18.5 Å². The third-order valence-corrected chi connectivity index (χ3v) is 6.27. The van der Waals surface area contributed by atoms with Gasteiger partial charge in [0.2, 0.25) is 5.91 Å². The highest BCUT2D eigenvalue weighted by molar-refractivity contribution is 7.10. The first-order chi connectivity index (χ1) is 11.7. The molecule has 4 nitrogen and oxygen atoms in total. The number of nitrogens with zero attached hydrogens (tertiary/aromatic N) is 3. The number of carbonyl (C=O) groups excluding carboxylic acids is 1. The van der Waals surface area contributed by atoms with Crippen LogP contribution < -0.4 is 0 Å². The molecule has 3 saturated heterocycles. The highest BCUT2D eigenvalue weighted by Crippen LogP contribution is 2.31. The monoisotopic (exact) mass is 341 g/mol. The van der Waals surface area contributed by atoms with Crippen molar-refractivity contribution in [1.29, 1.82) is 0 Å². The maximum atomic E-state index is 12.9. The Bertz CT molecular complexity index is 714. The van der Waals surface area contributed by atoms with Crippen molar-refractivity contribution in [2.45, 2.75) is 38.9 Å². The zero-order chi connectivity index (χ0) is 16.5. The van der Waals surface area contributed by atoms with Crippen molar-refractivity contribution in [2.24, 2.45) is 5.92 Å². The molecule has 3 fully saturated rings. The van der Waals surface area contributed by atoms with Crippen molar-refractivity contribution >= 4 is 17.2 Å². The lowest BCUT2D eigenvalue weighted by Crippen LogP contribution is -2.47. The molecule has 5 rings (SSSR count). The Morgan fingerprint density at radius 1 is 1.21 bits per heavy atom. The van der Waals surface area contributed by atoms with Crippen molar-refractivity contribution in [3.05, 3.63) is 52.0 Å². The van der Waals surface area contributed by atoms with Crippen LogP contribution in [0.25, 0.3) is 0 Å². The fourth-order valence-electron chi connectivity index (χ4n) is 3.90. The van der Waals surface area contributed by atoms with Gasteiger partial charge in [-0.2, -0.15) is 0 Å². The number of amides is 1. The number of aryl methyl sites for hydroxylation is 1. The SMILES string of the molecule is Cc1ccsc1CN1C[C@H]2CC[C@@H](C1)N(Cc1ccccn1)C2=O. The second-order valence-corrected chi connectivity index (χ2v) is 7.94. The maximum absolute atomic E-state index is 12.9. The van der Waals surface area contributed by atoms with Crippen LogP contribution in [0, 0.1) is 12.8 Å². The number of fused-ring (bicyclic) bond motifs is 4. The molecule has 0 unspecified atom stereocenters. The van der Waals surface area contributed by atoms with Gasteiger partial charge in [0.1, 0.15) is 0 Å². The molecule has 2 atom stereocenters. The van der Waals surface area contributed by atoms with Gasteiger partial charge in [0.25, 0.3) is 0 Å². The van der Waals surface area contributed by atoms with Gasteiger partial charge in [0.05, 0.1) is 18.2 Å². The van der Waals surface area contributed by atoms with E-state index < -0.39 is 0 Å². The minimum absolute atomic E-state index is 0.146. The number of thiophene rings is 1. The van der Waals surface area contributed by atoms with Gasteiger partial charge in [-0.1, -0.05) is 6.07 Å². The quantitative estimate of drug-likeness (QED) is 0.857. The first-order valence-corrected chi connectivity index (χ1v) is 9.54. The van der Waals surface area contributed by atoms with Gasteiger partial charge in [-0.3, -0.25) is 14.7 Å². The standard InChI is InChI=1S/C19H23N3OS/c1-14-7-9-24-18(14)13-21-10-15-5-6-17(12-21)22(19(15)23)11-16-4-2-3-8-20-16/h2-4,7-9,15,17H,5-6,10-13H2,1H3/t15-,17+/m1/s1. The summed E-state index contributed by atoms with van der Waals surface area (Å²) in [6.45, 7) is 5.67. The minimum Gasteiger partial charge on any atom is -0.332 e. The summed E-state index contributed by atoms with van der Waals surface area (Å²) in [5.41, 5.74) is 2.35. The van der Waals surface area contributed by atoms with Crippen molar-refractivity contribution in [2.75, 3.05) is 13.1 Å². The van der Waals surface area contributed by atoms with Gasteiger partial charge in [0, 0.05) is 36.8 Å². The van der Waals surface area contributed by atoms with Crippen molar-refractivity contribution in [3.63, 3.8) is 0 Å². The third kappa shape index (κ3) is 3.10. The Labute approximate surface area is 147 Å². The van der Waals surface area contributed by atoms with Crippen molar-refractivity contribution in [3.8, 4) is 0 Å². The Balaban J connectivity index is 1.51. The van der Waals surface area contributed by atoms with Crippen LogP contribution in [0.3, 0.4) is 0 Å². The smallest absolute Gasteiger partial charge is 0.227 e. The summed E-state index contributed by atoms with van der Waals surface area (Å²) in [6, 6.07) is 8.43. The molecule has 0 saturated carbocycles. The number of piperidine rings is 1. The number of rotatable bonds is 4. The van der Waals surface area contributed by atoms with Crippen LogP contribution in [0.5, 0.6) is 0 Å². The van der Waals surface area contributed by atoms with Gasteiger partial charge < -0.3 is 4.90 Å². The van der Waals surface area contributed by atoms with Crippen molar-refractivity contribution in [1.82, 2.24) is 14.8 Å². The fraction of sp³-hybridized carbons (Fsp3) is 0.474. The maximum Gasteiger partial charge on any atom is 0.227 e. The lowest BCUT2D eigenvalue weighted by atomic mass is 9.94. The first kappa shape index (κ1) is 15.8. The van der Waals surface area contributed by atoms with E-state index in [9.17, 15) is 4.79 Å². The Morgan fingerprint density at radius 2 is 2.12 bits per heavy atom. The third-order valence-electron chi connectivity index (χ3n) is 5.26. The molecule has 2 aromatic heterocycles. The average molecular weight is 341 g/mol. The molecule has 2 bridgehead atoms.